The van der Waals surface area contributed by atoms with Gasteiger partial charge in [0.25, 0.3) is 9.84 Å². The quantitative estimate of drug-likeness (QED) is 0.818. The van der Waals surface area contributed by atoms with E-state index in [0.29, 0.717) is 12.6 Å². The normalized spacial score (nSPS) is 19.9. The molecule has 0 amide bonds. The molecule has 1 atom stereocenters. The summed E-state index contributed by atoms with van der Waals surface area (Å²) in [4.78, 5) is -1.08. The van der Waals surface area contributed by atoms with Gasteiger partial charge in [-0.05, 0) is 18.2 Å². The molecule has 124 valence electrons. The molecule has 0 saturated carbocycles. The van der Waals surface area contributed by atoms with Crippen molar-refractivity contribution in [1.29, 1.82) is 0 Å². The van der Waals surface area contributed by atoms with Crippen molar-refractivity contribution in [1.82, 2.24) is 0 Å². The molecule has 1 N–H and O–H groups in total. The van der Waals surface area contributed by atoms with Gasteiger partial charge >= 0.3 is 5.51 Å². The van der Waals surface area contributed by atoms with E-state index >= 15 is 0 Å². The first-order valence-corrected chi connectivity index (χ1v) is 9.94. The van der Waals surface area contributed by atoms with Crippen molar-refractivity contribution >= 4 is 39.0 Å². The van der Waals surface area contributed by atoms with Gasteiger partial charge in [-0.25, -0.2) is 12.8 Å². The summed E-state index contributed by atoms with van der Waals surface area (Å²) in [6, 6.07) is 2.35. The molecule has 0 aliphatic carbocycles. The maximum absolute atomic E-state index is 13.2. The van der Waals surface area contributed by atoms with Gasteiger partial charge in [0.05, 0.1) is 5.69 Å². The Kier molecular flexibility index (Phi) is 5.54. The molecule has 1 heterocycles. The molecule has 2 rings (SSSR count). The lowest BCUT2D eigenvalue weighted by Crippen LogP contribution is -2.27. The minimum Gasteiger partial charge on any atom is -0.383 e. The first kappa shape index (κ1) is 17.7. The summed E-state index contributed by atoms with van der Waals surface area (Å²) in [5.74, 6) is 1.76. The molecule has 22 heavy (non-hydrogen) atoms. The molecule has 0 aromatic heterocycles. The van der Waals surface area contributed by atoms with E-state index < -0.39 is 26.1 Å². The van der Waals surface area contributed by atoms with Gasteiger partial charge in [-0.15, -0.1) is 0 Å². The van der Waals surface area contributed by atoms with Crippen LogP contribution in [0, 0.1) is 5.82 Å². The summed E-state index contributed by atoms with van der Waals surface area (Å²) in [5.41, 5.74) is -5.69. The van der Waals surface area contributed by atoms with Crippen LogP contribution in [0.25, 0.3) is 0 Å². The lowest BCUT2D eigenvalue weighted by atomic mass is 10.3. The summed E-state index contributed by atoms with van der Waals surface area (Å²) in [6.45, 7) is 0.323. The number of nitrogens with one attached hydrogen (secondary N) is 1. The second-order valence-electron chi connectivity index (χ2n) is 4.54. The highest BCUT2D eigenvalue weighted by Gasteiger charge is 2.48. The van der Waals surface area contributed by atoms with Crippen LogP contribution in [0.5, 0.6) is 0 Å². The topological polar surface area (TPSA) is 46.2 Å². The number of alkyl halides is 3. The van der Waals surface area contributed by atoms with E-state index in [-0.39, 0.29) is 10.9 Å². The van der Waals surface area contributed by atoms with Crippen LogP contribution >= 0.6 is 23.5 Å². The summed E-state index contributed by atoms with van der Waals surface area (Å²) >= 11 is 3.41. The highest BCUT2D eigenvalue weighted by Crippen LogP contribution is 2.35. The molecule has 0 bridgehead atoms. The predicted octanol–water partition coefficient (Wildman–Crippen LogP) is 3.38. The lowest BCUT2D eigenvalue weighted by molar-refractivity contribution is -0.0435. The smallest absolute Gasteiger partial charge is 0.383 e. The van der Waals surface area contributed by atoms with E-state index in [1.165, 1.54) is 0 Å². The number of anilines is 1. The van der Waals surface area contributed by atoms with Gasteiger partial charge in [0, 0.05) is 29.1 Å². The van der Waals surface area contributed by atoms with E-state index in [2.05, 4.69) is 5.32 Å². The molecular weight excluding hydrogens is 362 g/mol. The highest BCUT2D eigenvalue weighted by atomic mass is 32.2. The molecule has 0 radical (unpaired) electrons. The van der Waals surface area contributed by atoms with Crippen LogP contribution in [0.4, 0.5) is 23.2 Å². The summed E-state index contributed by atoms with van der Waals surface area (Å²) in [6.07, 6.45) is 0. The number of halogens is 4. The average Bonchev–Trinajstić information content (AvgIpc) is 2.46. The van der Waals surface area contributed by atoms with Gasteiger partial charge in [-0.3, -0.25) is 0 Å². The molecule has 0 spiro atoms. The van der Waals surface area contributed by atoms with E-state index in [4.69, 9.17) is 0 Å². The predicted molar refractivity (Wildman–Crippen MR) is 81.7 cm³/mol. The number of hydrogen-bond donors (Lipinski definition) is 1. The molecule has 1 fully saturated rings. The molecule has 10 heteroatoms. The second-order valence-corrected chi connectivity index (χ2v) is 9.01. The zero-order valence-electron chi connectivity index (χ0n) is 11.2. The maximum Gasteiger partial charge on any atom is 0.501 e. The monoisotopic (exact) mass is 375 g/mol. The number of sulfone groups is 1. The zero-order valence-corrected chi connectivity index (χ0v) is 13.6. The van der Waals surface area contributed by atoms with Gasteiger partial charge < -0.3 is 5.32 Å². The van der Waals surface area contributed by atoms with Crippen molar-refractivity contribution < 1.29 is 26.0 Å². The van der Waals surface area contributed by atoms with Crippen molar-refractivity contribution in [2.75, 3.05) is 29.1 Å². The molecule has 1 aromatic rings. The van der Waals surface area contributed by atoms with Crippen molar-refractivity contribution in [3.63, 3.8) is 0 Å². The van der Waals surface area contributed by atoms with Crippen LogP contribution in [0.15, 0.2) is 23.1 Å². The standard InChI is InChI=1S/C12H13F4NO2S3/c13-8-1-2-10(17-6-9-7-20-3-4-21-9)11(5-8)22(18,19)12(14,15)16/h1-2,5,9,17H,3-4,6-7H2. The number of benzene rings is 1. The van der Waals surface area contributed by atoms with Crippen LogP contribution in [0.2, 0.25) is 0 Å². The fourth-order valence-electron chi connectivity index (χ4n) is 1.87. The van der Waals surface area contributed by atoms with E-state index in [9.17, 15) is 26.0 Å². The summed E-state index contributed by atoms with van der Waals surface area (Å²) in [7, 11) is -5.60. The Balaban J connectivity index is 2.24. The Labute approximate surface area is 134 Å². The van der Waals surface area contributed by atoms with Crippen molar-refractivity contribution in [3.8, 4) is 0 Å². The van der Waals surface area contributed by atoms with Crippen molar-refractivity contribution in [3.05, 3.63) is 24.0 Å². The minimum absolute atomic E-state index is 0.172. The van der Waals surface area contributed by atoms with Crippen molar-refractivity contribution in [2.45, 2.75) is 15.7 Å². The van der Waals surface area contributed by atoms with E-state index in [1.54, 1.807) is 23.5 Å². The van der Waals surface area contributed by atoms with Gasteiger partial charge in [0.1, 0.15) is 10.7 Å². The summed E-state index contributed by atoms with van der Waals surface area (Å²) < 4.78 is 74.3. The molecule has 1 saturated heterocycles. The average molecular weight is 375 g/mol. The van der Waals surface area contributed by atoms with E-state index in [1.807, 2.05) is 0 Å². The summed E-state index contributed by atoms with van der Waals surface area (Å²) in [5, 5.41) is 2.88. The fraction of sp³-hybridized carbons (Fsp3) is 0.500. The zero-order chi connectivity index (χ0) is 16.4. The number of thioether (sulfide) groups is 2. The Bertz CT molecular complexity index is 628. The van der Waals surface area contributed by atoms with Gasteiger partial charge in [-0.1, -0.05) is 0 Å². The van der Waals surface area contributed by atoms with Crippen LogP contribution in [-0.2, 0) is 9.84 Å². The van der Waals surface area contributed by atoms with E-state index in [0.717, 1.165) is 29.4 Å². The third-order valence-corrected chi connectivity index (χ3v) is 7.31. The van der Waals surface area contributed by atoms with Crippen LogP contribution in [-0.4, -0.2) is 43.0 Å². The number of hydrogen-bond acceptors (Lipinski definition) is 5. The SMILES string of the molecule is O=S(=O)(c1cc(F)ccc1NCC1CSCCS1)C(F)(F)F. The molecule has 1 aliphatic heterocycles. The second kappa shape index (κ2) is 6.88. The molecule has 3 nitrogen and oxygen atoms in total. The van der Waals surface area contributed by atoms with Gasteiger partial charge in [-0.2, -0.15) is 36.7 Å². The Morgan fingerprint density at radius 2 is 2.00 bits per heavy atom. The Morgan fingerprint density at radius 1 is 1.27 bits per heavy atom. The Hall–Kier alpha value is -0.610. The first-order valence-electron chi connectivity index (χ1n) is 6.26. The molecular formula is C12H13F4NO2S3. The Morgan fingerprint density at radius 3 is 2.59 bits per heavy atom. The van der Waals surface area contributed by atoms with Crippen LogP contribution in [0.1, 0.15) is 0 Å². The largest absolute Gasteiger partial charge is 0.501 e. The maximum atomic E-state index is 13.2. The fourth-order valence-corrected chi connectivity index (χ4v) is 5.43. The van der Waals surface area contributed by atoms with Gasteiger partial charge in [0.15, 0.2) is 0 Å². The number of rotatable bonds is 4. The molecule has 1 unspecified atom stereocenters. The van der Waals surface area contributed by atoms with Crippen LogP contribution in [0.3, 0.4) is 0 Å². The lowest BCUT2D eigenvalue weighted by Gasteiger charge is -2.22. The first-order chi connectivity index (χ1) is 10.2. The third-order valence-electron chi connectivity index (χ3n) is 2.94. The van der Waals surface area contributed by atoms with Crippen molar-refractivity contribution in [2.24, 2.45) is 0 Å². The molecule has 1 aliphatic rings. The van der Waals surface area contributed by atoms with Crippen LogP contribution < -0.4 is 5.32 Å². The minimum atomic E-state index is -5.60. The molecule has 1 aromatic carbocycles. The van der Waals surface area contributed by atoms with Gasteiger partial charge in [0.2, 0.25) is 0 Å². The highest BCUT2D eigenvalue weighted by molar-refractivity contribution is 8.06. The third kappa shape index (κ3) is 4.02.